The van der Waals surface area contributed by atoms with Crippen LogP contribution in [-0.2, 0) is 10.0 Å². The monoisotopic (exact) mass is 396 g/mol. The predicted molar refractivity (Wildman–Crippen MR) is 100 cm³/mol. The van der Waals surface area contributed by atoms with Crippen molar-refractivity contribution in [1.29, 1.82) is 0 Å². The van der Waals surface area contributed by atoms with Crippen LogP contribution >= 0.6 is 0 Å². The van der Waals surface area contributed by atoms with Gasteiger partial charge in [-0.3, -0.25) is 4.98 Å². The van der Waals surface area contributed by atoms with Crippen molar-refractivity contribution in [2.75, 3.05) is 36.1 Å². The van der Waals surface area contributed by atoms with Gasteiger partial charge in [0, 0.05) is 25.8 Å². The second kappa shape index (κ2) is 8.60. The number of hydrogen-bond donors (Lipinski definition) is 4. The van der Waals surface area contributed by atoms with Crippen molar-refractivity contribution in [2.45, 2.75) is 6.92 Å². The van der Waals surface area contributed by atoms with Gasteiger partial charge in [-0.1, -0.05) is 0 Å². The highest BCUT2D eigenvalue weighted by atomic mass is 32.2. The molecule has 1 heterocycles. The molecule has 0 aliphatic carbocycles. The van der Waals surface area contributed by atoms with Crippen LogP contribution in [0.1, 0.15) is 17.3 Å². The van der Waals surface area contributed by atoms with Crippen LogP contribution in [0.15, 0.2) is 29.1 Å². The van der Waals surface area contributed by atoms with E-state index in [1.807, 2.05) is 0 Å². The van der Waals surface area contributed by atoms with Crippen molar-refractivity contribution in [3.8, 4) is 0 Å². The average molecular weight is 396 g/mol. The SMILES string of the molecule is CCS(=O)(=O)NCCN(C)c1nc(Nc2ccc(C(=O)O)cc2)[nH]c(=O)n1. The second-order valence-corrected chi connectivity index (χ2v) is 7.62. The summed E-state index contributed by atoms with van der Waals surface area (Å²) in [6, 6.07) is 5.90. The summed E-state index contributed by atoms with van der Waals surface area (Å²) in [5, 5.41) is 11.8. The molecule has 12 heteroatoms. The summed E-state index contributed by atoms with van der Waals surface area (Å²) in [7, 11) is -1.68. The summed E-state index contributed by atoms with van der Waals surface area (Å²) in [6.07, 6.45) is 0. The lowest BCUT2D eigenvalue weighted by molar-refractivity contribution is 0.0697. The summed E-state index contributed by atoms with van der Waals surface area (Å²) < 4.78 is 25.3. The van der Waals surface area contributed by atoms with Gasteiger partial charge in [0.1, 0.15) is 0 Å². The Morgan fingerprint density at radius 1 is 1.26 bits per heavy atom. The van der Waals surface area contributed by atoms with Gasteiger partial charge in [-0.05, 0) is 31.2 Å². The largest absolute Gasteiger partial charge is 0.478 e. The van der Waals surface area contributed by atoms with Gasteiger partial charge in [0.15, 0.2) is 0 Å². The third-order valence-corrected chi connectivity index (χ3v) is 4.93. The summed E-state index contributed by atoms with van der Waals surface area (Å²) in [5.41, 5.74) is 0.0241. The van der Waals surface area contributed by atoms with Crippen LogP contribution in [-0.4, -0.2) is 60.3 Å². The van der Waals surface area contributed by atoms with E-state index in [4.69, 9.17) is 5.11 Å². The zero-order chi connectivity index (χ0) is 20.0. The minimum Gasteiger partial charge on any atom is -0.478 e. The van der Waals surface area contributed by atoms with E-state index < -0.39 is 21.7 Å². The van der Waals surface area contributed by atoms with Crippen LogP contribution in [0.25, 0.3) is 0 Å². The maximum absolute atomic E-state index is 11.8. The molecule has 27 heavy (non-hydrogen) atoms. The van der Waals surface area contributed by atoms with E-state index in [1.165, 1.54) is 36.1 Å². The number of carbonyl (C=O) groups is 1. The van der Waals surface area contributed by atoms with Crippen molar-refractivity contribution >= 4 is 33.6 Å². The lowest BCUT2D eigenvalue weighted by atomic mass is 10.2. The Labute approximate surface area is 155 Å². The number of sulfonamides is 1. The number of H-pyrrole nitrogens is 1. The molecule has 11 nitrogen and oxygen atoms in total. The highest BCUT2D eigenvalue weighted by molar-refractivity contribution is 7.89. The second-order valence-electron chi connectivity index (χ2n) is 5.53. The van der Waals surface area contributed by atoms with Crippen LogP contribution in [0.4, 0.5) is 17.6 Å². The molecule has 0 fully saturated rings. The molecule has 2 aromatic rings. The predicted octanol–water partition coefficient (Wildman–Crippen LogP) is -0.0178. The van der Waals surface area contributed by atoms with Crippen molar-refractivity contribution in [1.82, 2.24) is 19.7 Å². The molecular formula is C15H20N6O5S. The molecule has 0 saturated carbocycles. The Kier molecular flexibility index (Phi) is 6.47. The molecular weight excluding hydrogens is 376 g/mol. The Bertz CT molecular complexity index is 957. The quantitative estimate of drug-likeness (QED) is 0.457. The average Bonchev–Trinajstić information content (AvgIpc) is 2.61. The Morgan fingerprint density at radius 2 is 1.93 bits per heavy atom. The van der Waals surface area contributed by atoms with Gasteiger partial charge in [-0.15, -0.1) is 0 Å². The van der Waals surface area contributed by atoms with Crippen molar-refractivity contribution < 1.29 is 18.3 Å². The Hall–Kier alpha value is -2.99. The maximum atomic E-state index is 11.8. The molecule has 0 unspecified atom stereocenters. The number of benzene rings is 1. The minimum atomic E-state index is -3.30. The number of hydrogen-bond acceptors (Lipinski definition) is 8. The molecule has 146 valence electrons. The maximum Gasteiger partial charge on any atom is 0.351 e. The lowest BCUT2D eigenvalue weighted by Gasteiger charge is -2.17. The van der Waals surface area contributed by atoms with Crippen molar-refractivity contribution in [3.63, 3.8) is 0 Å². The van der Waals surface area contributed by atoms with E-state index in [0.717, 1.165) is 0 Å². The fourth-order valence-electron chi connectivity index (χ4n) is 2.01. The third kappa shape index (κ3) is 6.04. The van der Waals surface area contributed by atoms with Crippen LogP contribution in [0, 0.1) is 0 Å². The molecule has 4 N–H and O–H groups in total. The van der Waals surface area contributed by atoms with Gasteiger partial charge in [-0.2, -0.15) is 9.97 Å². The number of carboxylic acids is 1. The fourth-order valence-corrected chi connectivity index (χ4v) is 2.61. The highest BCUT2D eigenvalue weighted by Gasteiger charge is 2.11. The van der Waals surface area contributed by atoms with Gasteiger partial charge in [-0.25, -0.2) is 22.7 Å². The van der Waals surface area contributed by atoms with Gasteiger partial charge < -0.3 is 15.3 Å². The fraction of sp³-hybridized carbons (Fsp3) is 0.333. The summed E-state index contributed by atoms with van der Waals surface area (Å²) in [6.45, 7) is 1.94. The van der Waals surface area contributed by atoms with E-state index in [1.54, 1.807) is 7.05 Å². The lowest BCUT2D eigenvalue weighted by Crippen LogP contribution is -2.35. The number of anilines is 3. The molecule has 0 radical (unpaired) electrons. The smallest absolute Gasteiger partial charge is 0.351 e. The normalized spacial score (nSPS) is 11.2. The molecule has 1 aromatic heterocycles. The molecule has 0 amide bonds. The molecule has 2 rings (SSSR count). The number of carboxylic acid groups (broad SMARTS) is 1. The van der Waals surface area contributed by atoms with E-state index in [9.17, 15) is 18.0 Å². The minimum absolute atomic E-state index is 0.0209. The molecule has 0 bridgehead atoms. The van der Waals surface area contributed by atoms with E-state index in [-0.39, 0.29) is 36.3 Å². The van der Waals surface area contributed by atoms with Crippen molar-refractivity contribution in [2.24, 2.45) is 0 Å². The van der Waals surface area contributed by atoms with Crippen LogP contribution in [0.2, 0.25) is 0 Å². The summed E-state index contributed by atoms with van der Waals surface area (Å²) >= 11 is 0. The van der Waals surface area contributed by atoms with Crippen LogP contribution < -0.4 is 20.6 Å². The topological polar surface area (TPSA) is 157 Å². The number of rotatable bonds is 9. The van der Waals surface area contributed by atoms with Crippen LogP contribution in [0.3, 0.4) is 0 Å². The van der Waals surface area contributed by atoms with E-state index >= 15 is 0 Å². The van der Waals surface area contributed by atoms with Crippen LogP contribution in [0.5, 0.6) is 0 Å². The van der Waals surface area contributed by atoms with Crippen molar-refractivity contribution in [3.05, 3.63) is 40.3 Å². The molecule has 0 spiro atoms. The third-order valence-electron chi connectivity index (χ3n) is 3.52. The van der Waals surface area contributed by atoms with Gasteiger partial charge in [0.25, 0.3) is 0 Å². The summed E-state index contributed by atoms with van der Waals surface area (Å²) in [5.74, 6) is -0.833. The number of aromatic carboxylic acids is 1. The molecule has 0 aliphatic heterocycles. The first-order chi connectivity index (χ1) is 12.7. The first-order valence-corrected chi connectivity index (χ1v) is 9.62. The molecule has 1 aromatic carbocycles. The zero-order valence-corrected chi connectivity index (χ0v) is 15.6. The number of nitrogens with zero attached hydrogens (tertiary/aromatic N) is 3. The summed E-state index contributed by atoms with van der Waals surface area (Å²) in [4.78, 5) is 34.5. The van der Waals surface area contributed by atoms with E-state index in [0.29, 0.717) is 5.69 Å². The number of likely N-dealkylation sites (N-methyl/N-ethyl adjacent to an activating group) is 1. The van der Waals surface area contributed by atoms with E-state index in [2.05, 4.69) is 25.0 Å². The Balaban J connectivity index is 2.08. The molecule has 0 aliphatic rings. The standard InChI is InChI=1S/C15H20N6O5S/c1-3-27(25,26)16-8-9-21(2)14-18-13(19-15(24)20-14)17-11-6-4-10(5-7-11)12(22)23/h4-7,16H,3,8-9H2,1-2H3,(H,22,23)(H2,17,18,19,20,24). The molecule has 0 saturated heterocycles. The zero-order valence-electron chi connectivity index (χ0n) is 14.8. The van der Waals surface area contributed by atoms with Gasteiger partial charge in [0.05, 0.1) is 11.3 Å². The number of nitrogens with one attached hydrogen (secondary N) is 3. The first-order valence-electron chi connectivity index (χ1n) is 7.97. The number of aromatic nitrogens is 3. The molecule has 0 atom stereocenters. The van der Waals surface area contributed by atoms with Gasteiger partial charge in [0.2, 0.25) is 21.9 Å². The first kappa shape index (κ1) is 20.3. The van der Waals surface area contributed by atoms with Gasteiger partial charge >= 0.3 is 11.7 Å². The highest BCUT2D eigenvalue weighted by Crippen LogP contribution is 2.14. The number of aromatic amines is 1. The Morgan fingerprint density at radius 3 is 2.52 bits per heavy atom.